The molecular weight excluding hydrogens is 274 g/mol. The second-order valence-corrected chi connectivity index (χ2v) is 5.98. The van der Waals surface area contributed by atoms with Gasteiger partial charge < -0.3 is 14.4 Å². The molecule has 5 rings (SSSR count). The summed E-state index contributed by atoms with van der Waals surface area (Å²) in [7, 11) is 0. The highest BCUT2D eigenvalue weighted by molar-refractivity contribution is 5.98. The first-order valence-electron chi connectivity index (χ1n) is 7.00. The van der Waals surface area contributed by atoms with Gasteiger partial charge in [0.05, 0.1) is 43.9 Å². The van der Waals surface area contributed by atoms with Gasteiger partial charge in [-0.25, -0.2) is 4.63 Å². The zero-order valence-corrected chi connectivity index (χ0v) is 11.2. The van der Waals surface area contributed by atoms with Crippen LogP contribution in [0, 0.1) is 5.41 Å². The minimum Gasteiger partial charge on any atom is -0.378 e. The normalized spacial score (nSPS) is 33.8. The summed E-state index contributed by atoms with van der Waals surface area (Å²) in [5.41, 5.74) is 1.87. The molecule has 3 fully saturated rings. The molecule has 3 aliphatic heterocycles. The Morgan fingerprint density at radius 2 is 1.86 bits per heavy atom. The molecule has 7 nitrogen and oxygen atoms in total. The van der Waals surface area contributed by atoms with Gasteiger partial charge in [-0.1, -0.05) is 0 Å². The number of hydrogen-bond acceptors (Lipinski definition) is 6. The number of carbonyl (C=O) groups excluding carboxylic acids is 1. The fourth-order valence-electron chi connectivity index (χ4n) is 3.90. The molecule has 21 heavy (non-hydrogen) atoms. The standard InChI is InChI=1S/C14H13N3O4/c18-13(8-1-2-9-10(3-8)16-21-15-9)17-11-4-19-6-14(11)7-20-5-12(14)17/h1-3,11-12H,4-7H2. The van der Waals surface area contributed by atoms with Crippen LogP contribution in [0.3, 0.4) is 0 Å². The molecule has 108 valence electrons. The summed E-state index contributed by atoms with van der Waals surface area (Å²) in [5.74, 6) is 0.00141. The van der Waals surface area contributed by atoms with Crippen LogP contribution >= 0.6 is 0 Å². The maximum absolute atomic E-state index is 12.8. The maximum Gasteiger partial charge on any atom is 0.254 e. The van der Waals surface area contributed by atoms with E-state index in [2.05, 4.69) is 14.9 Å². The first-order valence-corrected chi connectivity index (χ1v) is 7.00. The quantitative estimate of drug-likeness (QED) is 0.758. The molecule has 2 aromatic rings. The van der Waals surface area contributed by atoms with Crippen LogP contribution in [0.25, 0.3) is 11.0 Å². The number of benzene rings is 1. The van der Waals surface area contributed by atoms with E-state index in [-0.39, 0.29) is 23.4 Å². The zero-order valence-electron chi connectivity index (χ0n) is 11.2. The Kier molecular flexibility index (Phi) is 2.11. The topological polar surface area (TPSA) is 77.7 Å². The number of nitrogens with zero attached hydrogens (tertiary/aromatic N) is 3. The van der Waals surface area contributed by atoms with Crippen molar-refractivity contribution in [3.05, 3.63) is 23.8 Å². The van der Waals surface area contributed by atoms with E-state index in [1.54, 1.807) is 18.2 Å². The van der Waals surface area contributed by atoms with Gasteiger partial charge in [0.25, 0.3) is 5.91 Å². The number of carbonyl (C=O) groups is 1. The summed E-state index contributed by atoms with van der Waals surface area (Å²) in [4.78, 5) is 14.7. The van der Waals surface area contributed by atoms with Gasteiger partial charge >= 0.3 is 0 Å². The summed E-state index contributed by atoms with van der Waals surface area (Å²) in [6.45, 7) is 2.58. The summed E-state index contributed by atoms with van der Waals surface area (Å²) < 4.78 is 15.9. The SMILES string of the molecule is O=C(c1ccc2nonc2c1)N1C2COCC23COCC13. The van der Waals surface area contributed by atoms with Gasteiger partial charge in [0.2, 0.25) is 0 Å². The van der Waals surface area contributed by atoms with Gasteiger partial charge in [-0.2, -0.15) is 0 Å². The molecule has 4 heterocycles. The van der Waals surface area contributed by atoms with Crippen molar-refractivity contribution in [1.29, 1.82) is 0 Å². The molecule has 3 saturated heterocycles. The number of fused-ring (bicyclic) bond motifs is 1. The van der Waals surface area contributed by atoms with Crippen LogP contribution in [0.2, 0.25) is 0 Å². The second kappa shape index (κ2) is 3.80. The van der Waals surface area contributed by atoms with Crippen molar-refractivity contribution < 1.29 is 18.9 Å². The number of aromatic nitrogens is 2. The molecule has 0 radical (unpaired) electrons. The molecule has 0 aliphatic carbocycles. The Morgan fingerprint density at radius 3 is 2.62 bits per heavy atom. The van der Waals surface area contributed by atoms with Crippen LogP contribution in [0.4, 0.5) is 0 Å². The lowest BCUT2D eigenvalue weighted by Gasteiger charge is -2.55. The second-order valence-electron chi connectivity index (χ2n) is 5.98. The monoisotopic (exact) mass is 287 g/mol. The molecule has 0 N–H and O–H groups in total. The van der Waals surface area contributed by atoms with E-state index < -0.39 is 0 Å². The lowest BCUT2D eigenvalue weighted by Crippen LogP contribution is -2.72. The minimum absolute atomic E-state index is 0.00141. The van der Waals surface area contributed by atoms with Crippen LogP contribution in [0.15, 0.2) is 22.8 Å². The van der Waals surface area contributed by atoms with Crippen molar-refractivity contribution in [3.63, 3.8) is 0 Å². The average Bonchev–Trinajstić information content (AvgIpc) is 3.19. The van der Waals surface area contributed by atoms with E-state index in [0.29, 0.717) is 43.0 Å². The minimum atomic E-state index is 0.00141. The van der Waals surface area contributed by atoms with Crippen LogP contribution in [-0.4, -0.2) is 59.6 Å². The predicted octanol–water partition coefficient (Wildman–Crippen LogP) is 0.463. The largest absolute Gasteiger partial charge is 0.378 e. The number of hydrogen-bond donors (Lipinski definition) is 0. The molecule has 2 unspecified atom stereocenters. The smallest absolute Gasteiger partial charge is 0.254 e. The van der Waals surface area contributed by atoms with Crippen molar-refractivity contribution in [2.75, 3.05) is 26.4 Å². The predicted molar refractivity (Wildman–Crippen MR) is 69.6 cm³/mol. The van der Waals surface area contributed by atoms with E-state index >= 15 is 0 Å². The van der Waals surface area contributed by atoms with Crippen molar-refractivity contribution in [2.45, 2.75) is 12.1 Å². The molecule has 7 heteroatoms. The van der Waals surface area contributed by atoms with Crippen molar-refractivity contribution >= 4 is 16.9 Å². The van der Waals surface area contributed by atoms with E-state index in [9.17, 15) is 4.79 Å². The van der Waals surface area contributed by atoms with Crippen molar-refractivity contribution in [2.24, 2.45) is 5.41 Å². The van der Waals surface area contributed by atoms with Crippen LogP contribution in [0.1, 0.15) is 10.4 Å². The third-order valence-electron chi connectivity index (χ3n) is 5.03. The van der Waals surface area contributed by atoms with Crippen LogP contribution in [-0.2, 0) is 9.47 Å². The number of rotatable bonds is 1. The Hall–Kier alpha value is -1.99. The van der Waals surface area contributed by atoms with Gasteiger partial charge in [-0.05, 0) is 28.5 Å². The van der Waals surface area contributed by atoms with Gasteiger partial charge in [0.1, 0.15) is 11.0 Å². The van der Waals surface area contributed by atoms with Gasteiger partial charge in [0.15, 0.2) is 0 Å². The summed E-state index contributed by atoms with van der Waals surface area (Å²) in [6.07, 6.45) is 0. The fourth-order valence-corrected chi connectivity index (χ4v) is 3.90. The molecule has 1 amide bonds. The Bertz CT molecular complexity index is 723. The molecule has 2 atom stereocenters. The summed E-state index contributed by atoms with van der Waals surface area (Å²) in [6, 6.07) is 5.50. The maximum atomic E-state index is 12.8. The molecule has 0 saturated carbocycles. The van der Waals surface area contributed by atoms with Crippen molar-refractivity contribution in [1.82, 2.24) is 15.2 Å². The molecule has 1 aromatic heterocycles. The number of amides is 1. The fraction of sp³-hybridized carbons (Fsp3) is 0.500. The van der Waals surface area contributed by atoms with E-state index in [4.69, 9.17) is 9.47 Å². The number of likely N-dealkylation sites (tertiary alicyclic amines) is 1. The molecule has 0 bridgehead atoms. The highest BCUT2D eigenvalue weighted by atomic mass is 16.6. The van der Waals surface area contributed by atoms with E-state index in [0.717, 1.165) is 0 Å². The Labute approximate surface area is 119 Å². The summed E-state index contributed by atoms with van der Waals surface area (Å²) in [5, 5.41) is 7.54. The van der Waals surface area contributed by atoms with E-state index in [1.807, 2.05) is 4.90 Å². The lowest BCUT2D eigenvalue weighted by atomic mass is 9.68. The van der Waals surface area contributed by atoms with Gasteiger partial charge in [-0.15, -0.1) is 0 Å². The Morgan fingerprint density at radius 1 is 1.14 bits per heavy atom. The zero-order chi connectivity index (χ0) is 14.0. The highest BCUT2D eigenvalue weighted by Gasteiger charge is 2.68. The average molecular weight is 287 g/mol. The highest BCUT2D eigenvalue weighted by Crippen LogP contribution is 2.52. The first-order chi connectivity index (χ1) is 10.3. The molecule has 1 aromatic carbocycles. The van der Waals surface area contributed by atoms with Gasteiger partial charge in [-0.3, -0.25) is 4.79 Å². The van der Waals surface area contributed by atoms with Crippen molar-refractivity contribution in [3.8, 4) is 0 Å². The molecule has 1 spiro atoms. The van der Waals surface area contributed by atoms with Crippen LogP contribution in [0.5, 0.6) is 0 Å². The Balaban J connectivity index is 1.51. The number of ether oxygens (including phenoxy) is 2. The summed E-state index contributed by atoms with van der Waals surface area (Å²) >= 11 is 0. The molecular formula is C14H13N3O4. The van der Waals surface area contributed by atoms with E-state index in [1.165, 1.54) is 0 Å². The van der Waals surface area contributed by atoms with Gasteiger partial charge in [0, 0.05) is 5.56 Å². The van der Waals surface area contributed by atoms with Crippen LogP contribution < -0.4 is 0 Å². The first kappa shape index (κ1) is 11.6. The lowest BCUT2D eigenvalue weighted by molar-refractivity contribution is -0.0512. The third kappa shape index (κ3) is 1.33. The molecule has 3 aliphatic rings. The third-order valence-corrected chi connectivity index (χ3v) is 5.03.